The average molecular weight is 275 g/mol. The van der Waals surface area contributed by atoms with Gasteiger partial charge < -0.3 is 5.32 Å². The van der Waals surface area contributed by atoms with Crippen molar-refractivity contribution in [1.82, 2.24) is 15.3 Å². The summed E-state index contributed by atoms with van der Waals surface area (Å²) in [6.45, 7) is 6.48. The molecule has 108 valence electrons. The number of hydrogen-bond donors (Lipinski definition) is 1. The molecule has 1 aromatic heterocycles. The second-order valence-corrected chi connectivity index (χ2v) is 4.80. The molecule has 3 nitrogen and oxygen atoms in total. The summed E-state index contributed by atoms with van der Waals surface area (Å²) in [7, 11) is 1.86. The number of nitrogens with one attached hydrogen (secondary N) is 1. The van der Waals surface area contributed by atoms with Crippen molar-refractivity contribution in [3.05, 3.63) is 22.8 Å². The van der Waals surface area contributed by atoms with Crippen LogP contribution >= 0.6 is 0 Å². The fraction of sp³-hybridized carbons (Fsp3) is 0.692. The third kappa shape index (κ3) is 4.78. The molecule has 1 aromatic rings. The number of rotatable bonds is 5. The summed E-state index contributed by atoms with van der Waals surface area (Å²) in [4.78, 5) is 8.40. The second kappa shape index (κ2) is 6.32. The van der Waals surface area contributed by atoms with Crippen molar-refractivity contribution in [2.24, 2.45) is 0 Å². The van der Waals surface area contributed by atoms with Gasteiger partial charge in [0.2, 0.25) is 0 Å². The van der Waals surface area contributed by atoms with E-state index in [1.54, 1.807) is 0 Å². The molecule has 0 spiro atoms. The van der Waals surface area contributed by atoms with Crippen LogP contribution < -0.4 is 5.32 Å². The van der Waals surface area contributed by atoms with Gasteiger partial charge in [-0.1, -0.05) is 6.92 Å². The highest BCUT2D eigenvalue weighted by molar-refractivity contribution is 5.28. The molecular weight excluding hydrogens is 255 g/mol. The van der Waals surface area contributed by atoms with Crippen LogP contribution in [0.4, 0.5) is 13.2 Å². The quantitative estimate of drug-likeness (QED) is 0.898. The van der Waals surface area contributed by atoms with Crippen molar-refractivity contribution in [2.45, 2.75) is 45.7 Å². The molecule has 0 fully saturated rings. The fourth-order valence-electron chi connectivity index (χ4n) is 2.28. The van der Waals surface area contributed by atoms with E-state index in [0.29, 0.717) is 0 Å². The Hall–Kier alpha value is -1.17. The zero-order valence-corrected chi connectivity index (χ0v) is 11.7. The standard InChI is InChI=1S/C13H20F3N3/c1-8(7-17-4)12-9(2)18-11(19-10(12)3)5-6-13(14,15)16/h8,17H,5-7H2,1-4H3. The van der Waals surface area contributed by atoms with E-state index in [1.165, 1.54) is 0 Å². The van der Waals surface area contributed by atoms with E-state index in [9.17, 15) is 13.2 Å². The molecule has 0 radical (unpaired) electrons. The maximum atomic E-state index is 12.2. The summed E-state index contributed by atoms with van der Waals surface area (Å²) in [5.74, 6) is 0.509. The summed E-state index contributed by atoms with van der Waals surface area (Å²) in [6, 6.07) is 0. The lowest BCUT2D eigenvalue weighted by Crippen LogP contribution is -2.18. The number of likely N-dealkylation sites (N-methyl/N-ethyl adjacent to an activating group) is 1. The summed E-state index contributed by atoms with van der Waals surface area (Å²) in [6.07, 6.45) is -5.20. The molecule has 0 aliphatic rings. The number of aryl methyl sites for hydroxylation is 3. The molecule has 0 aliphatic carbocycles. The minimum absolute atomic E-state index is 0.161. The van der Waals surface area contributed by atoms with E-state index in [0.717, 1.165) is 23.5 Å². The highest BCUT2D eigenvalue weighted by Gasteiger charge is 2.27. The Balaban J connectivity index is 2.90. The molecule has 0 bridgehead atoms. The molecule has 0 aliphatic heterocycles. The third-order valence-corrected chi connectivity index (χ3v) is 3.01. The Bertz CT molecular complexity index is 407. The van der Waals surface area contributed by atoms with Crippen LogP contribution in [0.1, 0.15) is 42.0 Å². The Labute approximate surface area is 111 Å². The van der Waals surface area contributed by atoms with Crippen LogP contribution in [0.5, 0.6) is 0 Å². The molecule has 0 saturated carbocycles. The monoisotopic (exact) mass is 275 g/mol. The van der Waals surface area contributed by atoms with Crippen molar-refractivity contribution in [3.63, 3.8) is 0 Å². The van der Waals surface area contributed by atoms with Gasteiger partial charge in [0.05, 0.1) is 6.42 Å². The van der Waals surface area contributed by atoms with Gasteiger partial charge in [0.25, 0.3) is 0 Å². The molecule has 1 heterocycles. The van der Waals surface area contributed by atoms with Gasteiger partial charge in [-0.2, -0.15) is 13.2 Å². The van der Waals surface area contributed by atoms with Crippen LogP contribution in [-0.2, 0) is 6.42 Å². The van der Waals surface area contributed by atoms with Gasteiger partial charge in [-0.05, 0) is 32.4 Å². The number of aromatic nitrogens is 2. The molecule has 0 aromatic carbocycles. The largest absolute Gasteiger partial charge is 0.389 e. The SMILES string of the molecule is CNCC(C)c1c(C)nc(CCC(F)(F)F)nc1C. The molecule has 1 unspecified atom stereocenters. The van der Waals surface area contributed by atoms with Gasteiger partial charge in [-0.3, -0.25) is 0 Å². The highest BCUT2D eigenvalue weighted by atomic mass is 19.4. The average Bonchev–Trinajstić information content (AvgIpc) is 2.25. The van der Waals surface area contributed by atoms with Crippen LogP contribution in [0, 0.1) is 13.8 Å². The van der Waals surface area contributed by atoms with Gasteiger partial charge in [0.1, 0.15) is 5.82 Å². The topological polar surface area (TPSA) is 37.8 Å². The summed E-state index contributed by atoms with van der Waals surface area (Å²) < 4.78 is 36.6. The van der Waals surface area contributed by atoms with Crippen LogP contribution in [0.25, 0.3) is 0 Å². The first-order valence-corrected chi connectivity index (χ1v) is 6.30. The smallest absolute Gasteiger partial charge is 0.319 e. The highest BCUT2D eigenvalue weighted by Crippen LogP contribution is 2.24. The second-order valence-electron chi connectivity index (χ2n) is 4.80. The summed E-state index contributed by atoms with van der Waals surface area (Å²) in [5.41, 5.74) is 2.56. The number of hydrogen-bond acceptors (Lipinski definition) is 3. The van der Waals surface area contributed by atoms with Gasteiger partial charge in [-0.25, -0.2) is 9.97 Å². The number of alkyl halides is 3. The van der Waals surface area contributed by atoms with Crippen LogP contribution in [0.2, 0.25) is 0 Å². The zero-order valence-electron chi connectivity index (χ0n) is 11.7. The lowest BCUT2D eigenvalue weighted by Gasteiger charge is -2.17. The predicted molar refractivity (Wildman–Crippen MR) is 68.2 cm³/mol. The minimum atomic E-state index is -4.16. The van der Waals surface area contributed by atoms with Crippen molar-refractivity contribution < 1.29 is 13.2 Å². The van der Waals surface area contributed by atoms with Gasteiger partial charge in [0, 0.05) is 24.4 Å². The summed E-state index contributed by atoms with van der Waals surface area (Å²) in [5, 5.41) is 3.08. The van der Waals surface area contributed by atoms with E-state index >= 15 is 0 Å². The zero-order chi connectivity index (χ0) is 14.6. The van der Waals surface area contributed by atoms with Gasteiger partial charge >= 0.3 is 6.18 Å². The molecule has 6 heteroatoms. The van der Waals surface area contributed by atoms with Crippen molar-refractivity contribution in [2.75, 3.05) is 13.6 Å². The van der Waals surface area contributed by atoms with Crippen LogP contribution in [0.3, 0.4) is 0 Å². The van der Waals surface area contributed by atoms with Gasteiger partial charge in [0.15, 0.2) is 0 Å². The van der Waals surface area contributed by atoms with Crippen molar-refractivity contribution >= 4 is 0 Å². The molecule has 1 N–H and O–H groups in total. The molecule has 0 saturated heterocycles. The third-order valence-electron chi connectivity index (χ3n) is 3.01. The maximum absolute atomic E-state index is 12.2. The lowest BCUT2D eigenvalue weighted by molar-refractivity contribution is -0.134. The Morgan fingerprint density at radius 2 is 1.68 bits per heavy atom. The first kappa shape index (κ1) is 15.9. The fourth-order valence-corrected chi connectivity index (χ4v) is 2.28. The van der Waals surface area contributed by atoms with Crippen molar-refractivity contribution in [1.29, 1.82) is 0 Å². The van der Waals surface area contributed by atoms with E-state index in [2.05, 4.69) is 15.3 Å². The first-order chi connectivity index (χ1) is 8.74. The van der Waals surface area contributed by atoms with E-state index in [1.807, 2.05) is 27.8 Å². The minimum Gasteiger partial charge on any atom is -0.319 e. The predicted octanol–water partition coefficient (Wildman–Crippen LogP) is 2.91. The number of halogens is 3. The molecule has 0 amide bonds. The molecule has 1 atom stereocenters. The van der Waals surface area contributed by atoms with Gasteiger partial charge in [-0.15, -0.1) is 0 Å². The molecule has 19 heavy (non-hydrogen) atoms. The Morgan fingerprint density at radius 3 is 2.11 bits per heavy atom. The number of nitrogens with zero attached hydrogens (tertiary/aromatic N) is 2. The lowest BCUT2D eigenvalue weighted by atomic mass is 9.98. The van der Waals surface area contributed by atoms with E-state index < -0.39 is 12.6 Å². The normalized spacial score (nSPS) is 13.6. The van der Waals surface area contributed by atoms with Crippen LogP contribution in [0.15, 0.2) is 0 Å². The van der Waals surface area contributed by atoms with E-state index in [4.69, 9.17) is 0 Å². The Morgan fingerprint density at radius 1 is 1.16 bits per heavy atom. The molecular formula is C13H20F3N3. The van der Waals surface area contributed by atoms with Crippen LogP contribution in [-0.4, -0.2) is 29.7 Å². The van der Waals surface area contributed by atoms with E-state index in [-0.39, 0.29) is 18.2 Å². The first-order valence-electron chi connectivity index (χ1n) is 6.30. The Kier molecular flexibility index (Phi) is 5.29. The molecule has 1 rings (SSSR count). The summed E-state index contributed by atoms with van der Waals surface area (Å²) >= 11 is 0. The maximum Gasteiger partial charge on any atom is 0.389 e. The van der Waals surface area contributed by atoms with Crippen molar-refractivity contribution in [3.8, 4) is 0 Å².